The molecule has 0 aliphatic heterocycles. The number of hydrogen-bond acceptors (Lipinski definition) is 2. The summed E-state index contributed by atoms with van der Waals surface area (Å²) in [6.07, 6.45) is 0. The number of nitrogens with zero attached hydrogens (tertiary/aromatic N) is 1. The van der Waals surface area contributed by atoms with Gasteiger partial charge in [-0.3, -0.25) is 9.69 Å². The molecule has 0 bridgehead atoms. The lowest BCUT2D eigenvalue weighted by molar-refractivity contribution is -0.117. The maximum atomic E-state index is 12.1. The van der Waals surface area contributed by atoms with E-state index in [9.17, 15) is 4.79 Å². The third-order valence-electron chi connectivity index (χ3n) is 3.74. The summed E-state index contributed by atoms with van der Waals surface area (Å²) < 4.78 is 0. The number of aryl methyl sites for hydroxylation is 1. The topological polar surface area (TPSA) is 32.3 Å². The van der Waals surface area contributed by atoms with Gasteiger partial charge in [-0.15, -0.1) is 0 Å². The summed E-state index contributed by atoms with van der Waals surface area (Å²) in [6.45, 7) is 4.37. The highest BCUT2D eigenvalue weighted by molar-refractivity contribution is 6.31. The highest BCUT2D eigenvalue weighted by Gasteiger charge is 2.16. The monoisotopic (exact) mass is 316 g/mol. The van der Waals surface area contributed by atoms with Gasteiger partial charge in [-0.05, 0) is 44.7 Å². The second-order valence-corrected chi connectivity index (χ2v) is 5.93. The minimum Gasteiger partial charge on any atom is -0.325 e. The Bertz CT molecular complexity index is 640. The van der Waals surface area contributed by atoms with Crippen LogP contribution in [0.15, 0.2) is 48.5 Å². The van der Waals surface area contributed by atoms with Crippen molar-refractivity contribution in [1.82, 2.24) is 4.90 Å². The average molecular weight is 317 g/mol. The van der Waals surface area contributed by atoms with Crippen LogP contribution in [0.2, 0.25) is 5.02 Å². The second kappa shape index (κ2) is 7.43. The Morgan fingerprint density at radius 2 is 1.82 bits per heavy atom. The standard InChI is InChI=1S/C18H21ClN2O/c1-13-8-10-15(11-9-13)20-18(22)12-21(3)14(2)16-6-4-5-7-17(16)19/h4-11,14H,12H2,1-3H3,(H,20,22). The van der Waals surface area contributed by atoms with Gasteiger partial charge < -0.3 is 5.32 Å². The minimum absolute atomic E-state index is 0.0368. The molecule has 0 saturated carbocycles. The Kier molecular flexibility index (Phi) is 5.58. The van der Waals surface area contributed by atoms with Gasteiger partial charge in [-0.2, -0.15) is 0 Å². The van der Waals surface area contributed by atoms with Crippen LogP contribution in [0.5, 0.6) is 0 Å². The van der Waals surface area contributed by atoms with Crippen LogP contribution in [0.1, 0.15) is 24.1 Å². The van der Waals surface area contributed by atoms with E-state index in [-0.39, 0.29) is 11.9 Å². The number of nitrogens with one attached hydrogen (secondary N) is 1. The molecule has 2 aromatic rings. The van der Waals surface area contributed by atoms with Gasteiger partial charge in [0, 0.05) is 16.8 Å². The van der Waals surface area contributed by atoms with E-state index in [0.29, 0.717) is 6.54 Å². The van der Waals surface area contributed by atoms with Crippen molar-refractivity contribution in [3.63, 3.8) is 0 Å². The largest absolute Gasteiger partial charge is 0.325 e. The van der Waals surface area contributed by atoms with Crippen molar-refractivity contribution >= 4 is 23.2 Å². The van der Waals surface area contributed by atoms with Crippen LogP contribution < -0.4 is 5.32 Å². The fourth-order valence-corrected chi connectivity index (χ4v) is 2.55. The molecular formula is C18H21ClN2O. The van der Waals surface area contributed by atoms with E-state index in [1.165, 1.54) is 5.56 Å². The van der Waals surface area contributed by atoms with Crippen LogP contribution in [0.25, 0.3) is 0 Å². The molecule has 0 fully saturated rings. The Morgan fingerprint density at radius 1 is 1.18 bits per heavy atom. The van der Waals surface area contributed by atoms with Gasteiger partial charge >= 0.3 is 0 Å². The summed E-state index contributed by atoms with van der Waals surface area (Å²) in [5.41, 5.74) is 3.01. The molecule has 0 aliphatic rings. The van der Waals surface area contributed by atoms with Crippen LogP contribution in [0, 0.1) is 6.92 Å². The number of carbonyl (C=O) groups excluding carboxylic acids is 1. The molecule has 1 N–H and O–H groups in total. The van der Waals surface area contributed by atoms with Crippen molar-refractivity contribution in [2.45, 2.75) is 19.9 Å². The molecule has 2 aromatic carbocycles. The van der Waals surface area contributed by atoms with Gasteiger partial charge in [0.1, 0.15) is 0 Å². The Hall–Kier alpha value is -1.84. The highest BCUT2D eigenvalue weighted by Crippen LogP contribution is 2.25. The van der Waals surface area contributed by atoms with Crippen LogP contribution in [0.4, 0.5) is 5.69 Å². The van der Waals surface area contributed by atoms with Crippen LogP contribution in [-0.4, -0.2) is 24.4 Å². The molecule has 4 heteroatoms. The molecule has 0 saturated heterocycles. The predicted molar refractivity (Wildman–Crippen MR) is 92.3 cm³/mol. The lowest BCUT2D eigenvalue weighted by Gasteiger charge is -2.25. The molecular weight excluding hydrogens is 296 g/mol. The SMILES string of the molecule is Cc1ccc(NC(=O)CN(C)C(C)c2ccccc2Cl)cc1. The summed E-state index contributed by atoms with van der Waals surface area (Å²) in [5, 5.41) is 3.63. The molecule has 0 spiro atoms. The molecule has 1 atom stereocenters. The van der Waals surface area contributed by atoms with Crippen LogP contribution >= 0.6 is 11.6 Å². The normalized spacial score (nSPS) is 12.2. The quantitative estimate of drug-likeness (QED) is 0.893. The Morgan fingerprint density at radius 3 is 2.45 bits per heavy atom. The van der Waals surface area contributed by atoms with Crippen molar-refractivity contribution < 1.29 is 4.79 Å². The first-order valence-corrected chi connectivity index (χ1v) is 7.66. The van der Waals surface area contributed by atoms with Gasteiger partial charge in [-0.1, -0.05) is 47.5 Å². The zero-order valence-corrected chi connectivity index (χ0v) is 13.9. The van der Waals surface area contributed by atoms with Gasteiger partial charge in [0.15, 0.2) is 0 Å². The third-order valence-corrected chi connectivity index (χ3v) is 4.09. The van der Waals surface area contributed by atoms with E-state index < -0.39 is 0 Å². The summed E-state index contributed by atoms with van der Waals surface area (Å²) in [7, 11) is 1.92. The zero-order valence-electron chi connectivity index (χ0n) is 13.1. The Labute approximate surface area is 136 Å². The lowest BCUT2D eigenvalue weighted by Crippen LogP contribution is -2.32. The van der Waals surface area contributed by atoms with Crippen molar-refractivity contribution in [2.24, 2.45) is 0 Å². The molecule has 22 heavy (non-hydrogen) atoms. The maximum Gasteiger partial charge on any atom is 0.238 e. The van der Waals surface area contributed by atoms with Gasteiger partial charge in [0.25, 0.3) is 0 Å². The number of rotatable bonds is 5. The molecule has 0 heterocycles. The Balaban J connectivity index is 1.96. The molecule has 116 valence electrons. The summed E-state index contributed by atoms with van der Waals surface area (Å²) >= 11 is 6.22. The van der Waals surface area contributed by atoms with Crippen LogP contribution in [-0.2, 0) is 4.79 Å². The number of hydrogen-bond donors (Lipinski definition) is 1. The van der Waals surface area contributed by atoms with Gasteiger partial charge in [0.05, 0.1) is 6.54 Å². The second-order valence-electron chi connectivity index (χ2n) is 5.53. The fourth-order valence-electron chi connectivity index (χ4n) is 2.25. The molecule has 0 aromatic heterocycles. The van der Waals surface area contributed by atoms with Gasteiger partial charge in [-0.25, -0.2) is 0 Å². The summed E-state index contributed by atoms with van der Waals surface area (Å²) in [6, 6.07) is 15.6. The van der Waals surface area contributed by atoms with E-state index in [0.717, 1.165) is 16.3 Å². The van der Waals surface area contributed by atoms with E-state index in [1.807, 2.05) is 74.3 Å². The maximum absolute atomic E-state index is 12.1. The molecule has 2 rings (SSSR count). The number of amides is 1. The first-order valence-electron chi connectivity index (χ1n) is 7.28. The van der Waals surface area contributed by atoms with Crippen molar-refractivity contribution in [3.05, 3.63) is 64.7 Å². The highest BCUT2D eigenvalue weighted by atomic mass is 35.5. The first kappa shape index (κ1) is 16.5. The van der Waals surface area contributed by atoms with Crippen LogP contribution in [0.3, 0.4) is 0 Å². The van der Waals surface area contributed by atoms with E-state index in [2.05, 4.69) is 5.32 Å². The molecule has 1 amide bonds. The molecule has 1 unspecified atom stereocenters. The number of anilines is 1. The van der Waals surface area contributed by atoms with Crippen molar-refractivity contribution in [2.75, 3.05) is 18.9 Å². The smallest absolute Gasteiger partial charge is 0.238 e. The molecule has 0 aliphatic carbocycles. The van der Waals surface area contributed by atoms with E-state index in [4.69, 9.17) is 11.6 Å². The van der Waals surface area contributed by atoms with E-state index >= 15 is 0 Å². The van der Waals surface area contributed by atoms with Gasteiger partial charge in [0.2, 0.25) is 5.91 Å². The minimum atomic E-state index is -0.0368. The zero-order chi connectivity index (χ0) is 16.1. The molecule has 3 nitrogen and oxygen atoms in total. The summed E-state index contributed by atoms with van der Waals surface area (Å²) in [5.74, 6) is -0.0368. The first-order chi connectivity index (χ1) is 10.5. The molecule has 0 radical (unpaired) electrons. The number of likely N-dealkylation sites (N-methyl/N-ethyl adjacent to an activating group) is 1. The number of benzene rings is 2. The summed E-state index contributed by atoms with van der Waals surface area (Å²) in [4.78, 5) is 14.1. The third kappa shape index (κ3) is 4.33. The number of carbonyl (C=O) groups is 1. The van der Waals surface area contributed by atoms with Crippen molar-refractivity contribution in [1.29, 1.82) is 0 Å². The average Bonchev–Trinajstić information content (AvgIpc) is 2.49. The lowest BCUT2D eigenvalue weighted by atomic mass is 10.1. The van der Waals surface area contributed by atoms with E-state index in [1.54, 1.807) is 0 Å². The van der Waals surface area contributed by atoms with Crippen molar-refractivity contribution in [3.8, 4) is 0 Å². The predicted octanol–water partition coefficient (Wildman–Crippen LogP) is 4.28. The fraction of sp³-hybridized carbons (Fsp3) is 0.278. The number of halogens is 1.